The SMILES string of the molecule is CN=C(NCC1CCCC(C)C1)NC(C)CCS(C)(=O)=O. The van der Waals surface area contributed by atoms with Crippen LogP contribution in [-0.2, 0) is 9.84 Å². The molecule has 0 heterocycles. The highest BCUT2D eigenvalue weighted by atomic mass is 32.2. The Balaban J connectivity index is 2.31. The number of hydrogen-bond acceptors (Lipinski definition) is 3. The Morgan fingerprint density at radius 1 is 1.38 bits per heavy atom. The molecule has 124 valence electrons. The molecule has 5 nitrogen and oxygen atoms in total. The van der Waals surface area contributed by atoms with E-state index in [4.69, 9.17) is 0 Å². The molecule has 3 unspecified atom stereocenters. The summed E-state index contributed by atoms with van der Waals surface area (Å²) in [5.74, 6) is 2.53. The summed E-state index contributed by atoms with van der Waals surface area (Å²) in [5.41, 5.74) is 0. The Labute approximate surface area is 129 Å². The number of hydrogen-bond donors (Lipinski definition) is 2. The summed E-state index contributed by atoms with van der Waals surface area (Å²) >= 11 is 0. The Kier molecular flexibility index (Phi) is 7.49. The van der Waals surface area contributed by atoms with Gasteiger partial charge < -0.3 is 10.6 Å². The van der Waals surface area contributed by atoms with E-state index >= 15 is 0 Å². The fourth-order valence-electron chi connectivity index (χ4n) is 2.88. The van der Waals surface area contributed by atoms with Gasteiger partial charge in [-0.2, -0.15) is 0 Å². The molecule has 0 aromatic rings. The topological polar surface area (TPSA) is 70.6 Å². The third kappa shape index (κ3) is 8.29. The Bertz CT molecular complexity index is 434. The molecule has 1 aliphatic rings. The van der Waals surface area contributed by atoms with E-state index in [9.17, 15) is 8.42 Å². The molecule has 0 saturated heterocycles. The molecule has 0 spiro atoms. The van der Waals surface area contributed by atoms with Gasteiger partial charge in [0.2, 0.25) is 0 Å². The summed E-state index contributed by atoms with van der Waals surface area (Å²) in [7, 11) is -1.15. The summed E-state index contributed by atoms with van der Waals surface area (Å²) in [6, 6.07) is 0.0937. The first-order chi connectivity index (χ1) is 9.80. The van der Waals surface area contributed by atoms with Crippen LogP contribution in [0.5, 0.6) is 0 Å². The maximum atomic E-state index is 11.2. The maximum absolute atomic E-state index is 11.2. The lowest BCUT2D eigenvalue weighted by Crippen LogP contribution is -2.44. The number of rotatable bonds is 6. The van der Waals surface area contributed by atoms with Gasteiger partial charge in [-0.25, -0.2) is 8.42 Å². The maximum Gasteiger partial charge on any atom is 0.191 e. The van der Waals surface area contributed by atoms with Gasteiger partial charge in [0.1, 0.15) is 9.84 Å². The molecule has 0 aliphatic heterocycles. The zero-order valence-electron chi connectivity index (χ0n) is 13.9. The van der Waals surface area contributed by atoms with Crippen LogP contribution in [0.3, 0.4) is 0 Å². The quantitative estimate of drug-likeness (QED) is 0.579. The van der Waals surface area contributed by atoms with Crippen molar-refractivity contribution in [1.29, 1.82) is 0 Å². The second-order valence-corrected chi connectivity index (χ2v) is 8.81. The van der Waals surface area contributed by atoms with Crippen molar-refractivity contribution in [3.8, 4) is 0 Å². The number of nitrogens with one attached hydrogen (secondary N) is 2. The van der Waals surface area contributed by atoms with Crippen molar-refractivity contribution in [3.63, 3.8) is 0 Å². The van der Waals surface area contributed by atoms with E-state index in [2.05, 4.69) is 22.5 Å². The van der Waals surface area contributed by atoms with Crippen molar-refractivity contribution in [3.05, 3.63) is 0 Å². The molecule has 21 heavy (non-hydrogen) atoms. The van der Waals surface area contributed by atoms with Gasteiger partial charge in [0.15, 0.2) is 5.96 Å². The summed E-state index contributed by atoms with van der Waals surface area (Å²) in [4.78, 5) is 4.22. The van der Waals surface area contributed by atoms with Crippen LogP contribution >= 0.6 is 0 Å². The fourth-order valence-corrected chi connectivity index (χ4v) is 3.66. The lowest BCUT2D eigenvalue weighted by Gasteiger charge is -2.28. The number of sulfone groups is 1. The molecular weight excluding hydrogens is 286 g/mol. The first kappa shape index (κ1) is 18.3. The van der Waals surface area contributed by atoms with Crippen LogP contribution in [0.1, 0.15) is 46.0 Å². The molecule has 2 N–H and O–H groups in total. The zero-order chi connectivity index (χ0) is 15.9. The largest absolute Gasteiger partial charge is 0.356 e. The predicted molar refractivity (Wildman–Crippen MR) is 89.4 cm³/mol. The Hall–Kier alpha value is -0.780. The molecule has 0 amide bonds. The molecule has 0 radical (unpaired) electrons. The van der Waals surface area contributed by atoms with Crippen molar-refractivity contribution in [2.45, 2.75) is 52.0 Å². The molecule has 6 heteroatoms. The predicted octanol–water partition coefficient (Wildman–Crippen LogP) is 1.80. The summed E-state index contributed by atoms with van der Waals surface area (Å²) < 4.78 is 22.4. The van der Waals surface area contributed by atoms with Gasteiger partial charge in [-0.15, -0.1) is 0 Å². The van der Waals surface area contributed by atoms with Crippen molar-refractivity contribution in [1.82, 2.24) is 10.6 Å². The molecule has 0 aromatic heterocycles. The van der Waals surface area contributed by atoms with Crippen LogP contribution < -0.4 is 10.6 Å². The highest BCUT2D eigenvalue weighted by molar-refractivity contribution is 7.90. The van der Waals surface area contributed by atoms with Gasteiger partial charge in [-0.05, 0) is 38.0 Å². The molecule has 0 bridgehead atoms. The average molecular weight is 317 g/mol. The van der Waals surface area contributed by atoms with Gasteiger partial charge >= 0.3 is 0 Å². The normalized spacial score (nSPS) is 25.4. The monoisotopic (exact) mass is 317 g/mol. The standard InChI is InChI=1S/C15H31N3O2S/c1-12-6-5-7-14(10-12)11-17-15(16-3)18-13(2)8-9-21(4,19)20/h12-14H,5-11H2,1-4H3,(H2,16,17,18). The van der Waals surface area contributed by atoms with Crippen LogP contribution in [0.2, 0.25) is 0 Å². The van der Waals surface area contributed by atoms with Crippen LogP contribution in [0, 0.1) is 11.8 Å². The third-order valence-corrected chi connectivity index (χ3v) is 5.11. The molecular formula is C15H31N3O2S. The second kappa shape index (κ2) is 8.61. The highest BCUT2D eigenvalue weighted by Gasteiger charge is 2.19. The minimum atomic E-state index is -2.90. The van der Waals surface area contributed by atoms with Crippen molar-refractivity contribution < 1.29 is 8.42 Å². The molecule has 1 saturated carbocycles. The number of aliphatic imine (C=N–C) groups is 1. The van der Waals surface area contributed by atoms with Crippen molar-refractivity contribution in [2.24, 2.45) is 16.8 Å². The first-order valence-corrected chi connectivity index (χ1v) is 10.0. The third-order valence-electron chi connectivity index (χ3n) is 4.13. The molecule has 1 aliphatic carbocycles. The molecule has 3 atom stereocenters. The van der Waals surface area contributed by atoms with Gasteiger partial charge in [0.25, 0.3) is 0 Å². The summed E-state index contributed by atoms with van der Waals surface area (Å²) in [5, 5.41) is 6.64. The highest BCUT2D eigenvalue weighted by Crippen LogP contribution is 2.27. The van der Waals surface area contributed by atoms with E-state index in [1.54, 1.807) is 7.05 Å². The molecule has 0 aromatic carbocycles. The summed E-state index contributed by atoms with van der Waals surface area (Å²) in [6.45, 7) is 5.26. The Morgan fingerprint density at radius 3 is 2.67 bits per heavy atom. The first-order valence-electron chi connectivity index (χ1n) is 7.95. The minimum absolute atomic E-state index is 0.0937. The second-order valence-electron chi connectivity index (χ2n) is 6.55. The van der Waals surface area contributed by atoms with Crippen LogP contribution in [-0.4, -0.2) is 46.0 Å². The van der Waals surface area contributed by atoms with Gasteiger partial charge in [-0.3, -0.25) is 4.99 Å². The summed E-state index contributed by atoms with van der Waals surface area (Å²) in [6.07, 6.45) is 7.12. The van der Waals surface area contributed by atoms with Gasteiger partial charge in [0, 0.05) is 25.9 Å². The van der Waals surface area contributed by atoms with Gasteiger partial charge in [-0.1, -0.05) is 19.8 Å². The zero-order valence-corrected chi connectivity index (χ0v) is 14.7. The van der Waals surface area contributed by atoms with Crippen LogP contribution in [0.4, 0.5) is 0 Å². The van der Waals surface area contributed by atoms with Crippen LogP contribution in [0.25, 0.3) is 0 Å². The van der Waals surface area contributed by atoms with Crippen molar-refractivity contribution in [2.75, 3.05) is 25.6 Å². The number of guanidine groups is 1. The smallest absolute Gasteiger partial charge is 0.191 e. The Morgan fingerprint density at radius 2 is 2.10 bits per heavy atom. The van der Waals surface area contributed by atoms with Gasteiger partial charge in [0.05, 0.1) is 5.75 Å². The lowest BCUT2D eigenvalue weighted by molar-refractivity contribution is 0.282. The van der Waals surface area contributed by atoms with E-state index in [1.807, 2.05) is 6.92 Å². The lowest BCUT2D eigenvalue weighted by atomic mass is 9.82. The minimum Gasteiger partial charge on any atom is -0.356 e. The number of nitrogens with zero attached hydrogens (tertiary/aromatic N) is 1. The van der Waals surface area contributed by atoms with Crippen LogP contribution in [0.15, 0.2) is 4.99 Å². The van der Waals surface area contributed by atoms with E-state index in [1.165, 1.54) is 31.9 Å². The van der Waals surface area contributed by atoms with E-state index in [0.717, 1.165) is 24.3 Å². The van der Waals surface area contributed by atoms with E-state index < -0.39 is 9.84 Å². The average Bonchev–Trinajstić information content (AvgIpc) is 2.40. The van der Waals surface area contributed by atoms with E-state index in [0.29, 0.717) is 6.42 Å². The van der Waals surface area contributed by atoms with Crippen molar-refractivity contribution >= 4 is 15.8 Å². The fraction of sp³-hybridized carbons (Fsp3) is 0.933. The van der Waals surface area contributed by atoms with E-state index in [-0.39, 0.29) is 11.8 Å². The molecule has 1 rings (SSSR count). The molecule has 1 fully saturated rings.